The van der Waals surface area contributed by atoms with Crippen molar-refractivity contribution in [2.75, 3.05) is 13.7 Å². The topological polar surface area (TPSA) is 105 Å². The molecule has 1 fully saturated rings. The van der Waals surface area contributed by atoms with E-state index in [1.54, 1.807) is 36.4 Å². The van der Waals surface area contributed by atoms with Crippen LogP contribution in [0.2, 0.25) is 0 Å². The Labute approximate surface area is 173 Å². The number of hydrogen-bond donors (Lipinski definition) is 2. The van der Waals surface area contributed by atoms with Crippen LogP contribution in [-0.4, -0.2) is 41.6 Å². The van der Waals surface area contributed by atoms with E-state index in [9.17, 15) is 14.4 Å². The maximum absolute atomic E-state index is 12.3. The summed E-state index contributed by atoms with van der Waals surface area (Å²) < 4.78 is 11.1. The first kappa shape index (κ1) is 20.7. The Morgan fingerprint density at radius 1 is 1.20 bits per heavy atom. The minimum Gasteiger partial charge on any atom is -0.493 e. The van der Waals surface area contributed by atoms with Crippen LogP contribution < -0.4 is 14.8 Å². The SMILES string of the molecule is C=CCN1C(=O)N/C(=C/c2ccc(OCc3cccc(C(=O)O)c3)c(OC)c2)C1=O. The number of carboxylic acids is 1. The molecule has 1 saturated heterocycles. The van der Waals surface area contributed by atoms with Crippen LogP contribution in [0.25, 0.3) is 6.08 Å². The predicted octanol–water partition coefficient (Wildman–Crippen LogP) is 3.05. The molecule has 0 spiro atoms. The van der Waals surface area contributed by atoms with E-state index >= 15 is 0 Å². The molecule has 0 aromatic heterocycles. The van der Waals surface area contributed by atoms with Crippen molar-refractivity contribution in [3.63, 3.8) is 0 Å². The summed E-state index contributed by atoms with van der Waals surface area (Å²) in [5, 5.41) is 11.6. The van der Waals surface area contributed by atoms with E-state index in [1.807, 2.05) is 0 Å². The molecule has 2 aromatic rings. The molecule has 154 valence electrons. The summed E-state index contributed by atoms with van der Waals surface area (Å²) in [5.41, 5.74) is 1.67. The summed E-state index contributed by atoms with van der Waals surface area (Å²) in [6.45, 7) is 3.82. The van der Waals surface area contributed by atoms with Crippen LogP contribution in [0.1, 0.15) is 21.5 Å². The molecule has 3 rings (SSSR count). The first-order valence-corrected chi connectivity index (χ1v) is 9.01. The second-order valence-corrected chi connectivity index (χ2v) is 6.40. The van der Waals surface area contributed by atoms with Gasteiger partial charge < -0.3 is 19.9 Å². The second-order valence-electron chi connectivity index (χ2n) is 6.40. The van der Waals surface area contributed by atoms with Gasteiger partial charge in [0.15, 0.2) is 11.5 Å². The van der Waals surface area contributed by atoms with Gasteiger partial charge in [-0.15, -0.1) is 6.58 Å². The van der Waals surface area contributed by atoms with Crippen molar-refractivity contribution in [2.24, 2.45) is 0 Å². The molecule has 1 heterocycles. The third kappa shape index (κ3) is 4.49. The number of benzene rings is 2. The Morgan fingerprint density at radius 3 is 2.70 bits per heavy atom. The second kappa shape index (κ2) is 8.95. The Morgan fingerprint density at radius 2 is 2.00 bits per heavy atom. The highest BCUT2D eigenvalue weighted by molar-refractivity contribution is 6.14. The Hall–Kier alpha value is -4.07. The van der Waals surface area contributed by atoms with Crippen molar-refractivity contribution in [3.8, 4) is 11.5 Å². The molecule has 2 N–H and O–H groups in total. The zero-order valence-electron chi connectivity index (χ0n) is 16.3. The van der Waals surface area contributed by atoms with Crippen LogP contribution in [0, 0.1) is 0 Å². The Kier molecular flexibility index (Phi) is 6.17. The largest absolute Gasteiger partial charge is 0.493 e. The van der Waals surface area contributed by atoms with Crippen molar-refractivity contribution in [2.45, 2.75) is 6.61 Å². The minimum atomic E-state index is -1.01. The van der Waals surface area contributed by atoms with Crippen LogP contribution in [0.3, 0.4) is 0 Å². The van der Waals surface area contributed by atoms with E-state index < -0.39 is 17.9 Å². The van der Waals surface area contributed by atoms with Gasteiger partial charge in [0.1, 0.15) is 12.3 Å². The van der Waals surface area contributed by atoms with Crippen LogP contribution in [0.5, 0.6) is 11.5 Å². The molecule has 3 amide bonds. The van der Waals surface area contributed by atoms with Gasteiger partial charge in [-0.1, -0.05) is 24.3 Å². The van der Waals surface area contributed by atoms with Crippen molar-refractivity contribution in [3.05, 3.63) is 77.5 Å². The maximum atomic E-state index is 12.3. The Balaban J connectivity index is 1.76. The average molecular weight is 408 g/mol. The fourth-order valence-corrected chi connectivity index (χ4v) is 2.88. The number of rotatable bonds is 8. The number of ether oxygens (including phenoxy) is 2. The van der Waals surface area contributed by atoms with Crippen LogP contribution >= 0.6 is 0 Å². The van der Waals surface area contributed by atoms with Crippen LogP contribution in [0.15, 0.2) is 60.8 Å². The highest BCUT2D eigenvalue weighted by Gasteiger charge is 2.32. The maximum Gasteiger partial charge on any atom is 0.335 e. The fraction of sp³-hybridized carbons (Fsp3) is 0.136. The molecule has 0 saturated carbocycles. The summed E-state index contributed by atoms with van der Waals surface area (Å²) in [5.74, 6) is -0.557. The lowest BCUT2D eigenvalue weighted by molar-refractivity contribution is -0.122. The number of carbonyl (C=O) groups excluding carboxylic acids is 2. The van der Waals surface area contributed by atoms with Crippen molar-refractivity contribution >= 4 is 24.0 Å². The van der Waals surface area contributed by atoms with E-state index in [0.29, 0.717) is 22.6 Å². The first-order chi connectivity index (χ1) is 14.4. The van der Waals surface area contributed by atoms with Crippen LogP contribution in [-0.2, 0) is 11.4 Å². The highest BCUT2D eigenvalue weighted by Crippen LogP contribution is 2.30. The average Bonchev–Trinajstić information content (AvgIpc) is 3.00. The fourth-order valence-electron chi connectivity index (χ4n) is 2.88. The van der Waals surface area contributed by atoms with Gasteiger partial charge in [0, 0.05) is 6.54 Å². The lowest BCUT2D eigenvalue weighted by Crippen LogP contribution is -2.30. The van der Waals surface area contributed by atoms with Gasteiger partial charge in [0.25, 0.3) is 5.91 Å². The molecule has 0 unspecified atom stereocenters. The van der Waals surface area contributed by atoms with Gasteiger partial charge in [-0.25, -0.2) is 9.59 Å². The van der Waals surface area contributed by atoms with Crippen molar-refractivity contribution < 1.29 is 29.0 Å². The van der Waals surface area contributed by atoms with E-state index in [4.69, 9.17) is 14.6 Å². The molecular weight excluding hydrogens is 388 g/mol. The predicted molar refractivity (Wildman–Crippen MR) is 109 cm³/mol. The van der Waals surface area contributed by atoms with E-state index in [-0.39, 0.29) is 24.4 Å². The molecule has 8 nitrogen and oxygen atoms in total. The molecule has 1 aliphatic heterocycles. The number of urea groups is 1. The van der Waals surface area contributed by atoms with Gasteiger partial charge in [-0.3, -0.25) is 9.69 Å². The molecule has 8 heteroatoms. The zero-order chi connectivity index (χ0) is 21.7. The van der Waals surface area contributed by atoms with Gasteiger partial charge >= 0.3 is 12.0 Å². The monoisotopic (exact) mass is 408 g/mol. The van der Waals surface area contributed by atoms with Gasteiger partial charge in [0.05, 0.1) is 12.7 Å². The lowest BCUT2D eigenvalue weighted by Gasteiger charge is -2.12. The molecule has 1 aliphatic rings. The number of carbonyl (C=O) groups is 3. The Bertz CT molecular complexity index is 1040. The molecule has 2 aromatic carbocycles. The number of carboxylic acid groups (broad SMARTS) is 1. The van der Waals surface area contributed by atoms with E-state index in [0.717, 1.165) is 4.90 Å². The summed E-state index contributed by atoms with van der Waals surface area (Å²) in [6, 6.07) is 11.0. The van der Waals surface area contributed by atoms with Gasteiger partial charge in [0.2, 0.25) is 0 Å². The van der Waals surface area contributed by atoms with Crippen LogP contribution in [0.4, 0.5) is 4.79 Å². The highest BCUT2D eigenvalue weighted by atomic mass is 16.5. The zero-order valence-corrected chi connectivity index (χ0v) is 16.3. The number of aromatic carboxylic acids is 1. The number of amides is 3. The van der Waals surface area contributed by atoms with Gasteiger partial charge in [-0.2, -0.15) is 0 Å². The number of methoxy groups -OCH3 is 1. The third-order valence-corrected chi connectivity index (χ3v) is 4.34. The summed E-state index contributed by atoms with van der Waals surface area (Å²) >= 11 is 0. The third-order valence-electron chi connectivity index (χ3n) is 4.34. The lowest BCUT2D eigenvalue weighted by atomic mass is 10.1. The summed E-state index contributed by atoms with van der Waals surface area (Å²) in [7, 11) is 1.48. The molecule has 30 heavy (non-hydrogen) atoms. The number of hydrogen-bond acceptors (Lipinski definition) is 5. The standard InChI is InChI=1S/C22H20N2O6/c1-3-9-24-20(25)17(23-22(24)28)11-14-7-8-18(19(12-14)29-2)30-13-15-5-4-6-16(10-15)21(26)27/h3-8,10-12H,1,9,13H2,2H3,(H,23,28)(H,26,27)/b17-11+. The minimum absolute atomic E-state index is 0.126. The van der Waals surface area contributed by atoms with E-state index in [1.165, 1.54) is 25.3 Å². The number of imide groups is 1. The smallest absolute Gasteiger partial charge is 0.335 e. The summed E-state index contributed by atoms with van der Waals surface area (Å²) in [4.78, 5) is 36.3. The van der Waals surface area contributed by atoms with Crippen molar-refractivity contribution in [1.82, 2.24) is 10.2 Å². The van der Waals surface area contributed by atoms with Crippen molar-refractivity contribution in [1.29, 1.82) is 0 Å². The molecule has 0 bridgehead atoms. The quantitative estimate of drug-likeness (QED) is 0.395. The normalized spacial score (nSPS) is 14.6. The summed E-state index contributed by atoms with van der Waals surface area (Å²) in [6.07, 6.45) is 3.02. The molecule has 0 atom stereocenters. The number of nitrogens with one attached hydrogen (secondary N) is 1. The van der Waals surface area contributed by atoms with E-state index in [2.05, 4.69) is 11.9 Å². The first-order valence-electron chi connectivity index (χ1n) is 9.01. The molecule has 0 aliphatic carbocycles. The molecule has 0 radical (unpaired) electrons. The molecular formula is C22H20N2O6. The number of nitrogens with zero attached hydrogens (tertiary/aromatic N) is 1. The van der Waals surface area contributed by atoms with Gasteiger partial charge in [-0.05, 0) is 41.5 Å².